The summed E-state index contributed by atoms with van der Waals surface area (Å²) in [5, 5.41) is 0. The molecule has 2 aromatic rings. The Balaban J connectivity index is 1.38. The first-order valence-electron chi connectivity index (χ1n) is 10.9. The summed E-state index contributed by atoms with van der Waals surface area (Å²) in [4.78, 5) is 28.9. The smallest absolute Gasteiger partial charge is 0.337 e. The molecule has 2 atom stereocenters. The van der Waals surface area contributed by atoms with E-state index >= 15 is 0 Å². The third-order valence-corrected chi connectivity index (χ3v) is 6.52. The van der Waals surface area contributed by atoms with Crippen LogP contribution in [-0.2, 0) is 22.6 Å². The lowest BCUT2D eigenvalue weighted by Gasteiger charge is -2.47. The molecule has 2 saturated heterocycles. The molecule has 0 spiro atoms. The normalized spacial score (nSPS) is 21.5. The first-order chi connectivity index (χ1) is 15.1. The summed E-state index contributed by atoms with van der Waals surface area (Å²) in [5.41, 5.74) is 2.90. The number of esters is 1. The number of amides is 1. The predicted molar refractivity (Wildman–Crippen MR) is 118 cm³/mol. The van der Waals surface area contributed by atoms with Gasteiger partial charge in [0, 0.05) is 38.6 Å². The Morgan fingerprint density at radius 1 is 0.968 bits per heavy atom. The molecule has 31 heavy (non-hydrogen) atoms. The molecule has 0 unspecified atom stereocenters. The summed E-state index contributed by atoms with van der Waals surface area (Å²) in [7, 11) is 3.06. The van der Waals surface area contributed by atoms with Crippen LogP contribution in [0.2, 0.25) is 0 Å². The van der Waals surface area contributed by atoms with E-state index in [1.807, 2.05) is 48.5 Å². The van der Waals surface area contributed by atoms with Crippen molar-refractivity contribution in [2.45, 2.75) is 38.4 Å². The monoisotopic (exact) mass is 422 g/mol. The van der Waals surface area contributed by atoms with E-state index in [9.17, 15) is 9.59 Å². The van der Waals surface area contributed by atoms with Gasteiger partial charge in [-0.05, 0) is 54.2 Å². The largest absolute Gasteiger partial charge is 0.497 e. The highest BCUT2D eigenvalue weighted by Gasteiger charge is 2.39. The fourth-order valence-electron chi connectivity index (χ4n) is 4.83. The first-order valence-corrected chi connectivity index (χ1v) is 10.9. The van der Waals surface area contributed by atoms with Gasteiger partial charge in [0.1, 0.15) is 5.75 Å². The number of ether oxygens (including phenoxy) is 2. The molecule has 164 valence electrons. The highest BCUT2D eigenvalue weighted by Crippen LogP contribution is 2.33. The van der Waals surface area contributed by atoms with Crippen molar-refractivity contribution in [3.63, 3.8) is 0 Å². The number of hydrogen-bond acceptors (Lipinski definition) is 5. The van der Waals surface area contributed by atoms with E-state index in [2.05, 4.69) is 9.80 Å². The second-order valence-corrected chi connectivity index (χ2v) is 8.45. The van der Waals surface area contributed by atoms with Crippen molar-refractivity contribution in [3.05, 3.63) is 65.2 Å². The van der Waals surface area contributed by atoms with E-state index in [4.69, 9.17) is 9.47 Å². The quantitative estimate of drug-likeness (QED) is 0.667. The molecule has 0 bridgehead atoms. The van der Waals surface area contributed by atoms with Gasteiger partial charge in [-0.15, -0.1) is 0 Å². The van der Waals surface area contributed by atoms with Crippen molar-refractivity contribution in [1.29, 1.82) is 0 Å². The van der Waals surface area contributed by atoms with Crippen LogP contribution in [0.25, 0.3) is 0 Å². The Kier molecular flexibility index (Phi) is 6.56. The number of carbonyl (C=O) groups is 2. The lowest BCUT2D eigenvalue weighted by molar-refractivity contribution is -0.142. The van der Waals surface area contributed by atoms with Gasteiger partial charge in [-0.25, -0.2) is 4.79 Å². The second kappa shape index (κ2) is 9.52. The summed E-state index contributed by atoms with van der Waals surface area (Å²) >= 11 is 0. The molecule has 0 aromatic heterocycles. The summed E-state index contributed by atoms with van der Waals surface area (Å²) in [6, 6.07) is 15.9. The zero-order valence-electron chi connectivity index (χ0n) is 18.3. The van der Waals surface area contributed by atoms with Crippen LogP contribution in [-0.4, -0.2) is 55.0 Å². The molecule has 2 aromatic carbocycles. The van der Waals surface area contributed by atoms with Crippen LogP contribution < -0.4 is 4.74 Å². The molecular weight excluding hydrogens is 392 g/mol. The molecule has 2 heterocycles. The average Bonchev–Trinajstić information content (AvgIpc) is 2.81. The minimum absolute atomic E-state index is 0.268. The van der Waals surface area contributed by atoms with Gasteiger partial charge in [0.25, 0.3) is 0 Å². The first kappa shape index (κ1) is 21.4. The Labute approximate surface area is 183 Å². The maximum absolute atomic E-state index is 12.7. The fraction of sp³-hybridized carbons (Fsp3) is 0.440. The van der Waals surface area contributed by atoms with Crippen molar-refractivity contribution in [3.8, 4) is 5.75 Å². The Morgan fingerprint density at radius 3 is 2.32 bits per heavy atom. The Hall–Kier alpha value is -2.86. The zero-order valence-corrected chi connectivity index (χ0v) is 18.3. The maximum Gasteiger partial charge on any atom is 0.337 e. The number of benzene rings is 2. The van der Waals surface area contributed by atoms with E-state index in [-0.39, 0.29) is 11.9 Å². The highest BCUT2D eigenvalue weighted by atomic mass is 16.5. The summed E-state index contributed by atoms with van der Waals surface area (Å²) in [5.74, 6) is 1.29. The summed E-state index contributed by atoms with van der Waals surface area (Å²) in [6.45, 7) is 3.48. The van der Waals surface area contributed by atoms with Crippen LogP contribution in [0.15, 0.2) is 48.5 Å². The van der Waals surface area contributed by atoms with E-state index in [1.165, 1.54) is 12.7 Å². The molecule has 0 radical (unpaired) electrons. The van der Waals surface area contributed by atoms with Gasteiger partial charge in [-0.1, -0.05) is 24.3 Å². The molecule has 2 aliphatic rings. The van der Waals surface area contributed by atoms with Gasteiger partial charge in [-0.2, -0.15) is 0 Å². The van der Waals surface area contributed by atoms with Crippen LogP contribution in [0.3, 0.4) is 0 Å². The molecule has 4 rings (SSSR count). The SMILES string of the molecule is COC(=O)c1ccc(CN2CC[C@H]3[C@H](CCC(=O)N3Cc3ccc(OC)cc3)C2)cc1. The van der Waals surface area contributed by atoms with Crippen molar-refractivity contribution < 1.29 is 19.1 Å². The molecule has 6 heteroatoms. The van der Waals surface area contributed by atoms with E-state index in [0.29, 0.717) is 30.5 Å². The predicted octanol–water partition coefficient (Wildman–Crippen LogP) is 3.49. The van der Waals surface area contributed by atoms with Crippen molar-refractivity contribution in [2.75, 3.05) is 27.3 Å². The average molecular weight is 423 g/mol. The fourth-order valence-corrected chi connectivity index (χ4v) is 4.83. The third kappa shape index (κ3) is 4.90. The molecular formula is C25H30N2O4. The van der Waals surface area contributed by atoms with Crippen LogP contribution in [0.1, 0.15) is 40.7 Å². The van der Waals surface area contributed by atoms with Crippen molar-refractivity contribution in [2.24, 2.45) is 5.92 Å². The van der Waals surface area contributed by atoms with Crippen LogP contribution in [0.5, 0.6) is 5.75 Å². The number of fused-ring (bicyclic) bond motifs is 1. The number of rotatable bonds is 6. The van der Waals surface area contributed by atoms with Gasteiger partial charge in [0.15, 0.2) is 0 Å². The number of carbonyl (C=O) groups excluding carboxylic acids is 2. The highest BCUT2D eigenvalue weighted by molar-refractivity contribution is 5.89. The molecule has 0 saturated carbocycles. The van der Waals surface area contributed by atoms with Crippen LogP contribution in [0, 0.1) is 5.92 Å². The van der Waals surface area contributed by atoms with Crippen LogP contribution >= 0.6 is 0 Å². The molecule has 6 nitrogen and oxygen atoms in total. The number of methoxy groups -OCH3 is 2. The van der Waals surface area contributed by atoms with E-state index in [0.717, 1.165) is 43.8 Å². The van der Waals surface area contributed by atoms with Crippen LogP contribution in [0.4, 0.5) is 0 Å². The van der Waals surface area contributed by atoms with Crippen molar-refractivity contribution >= 4 is 11.9 Å². The zero-order chi connectivity index (χ0) is 21.8. The van der Waals surface area contributed by atoms with Gasteiger partial charge in [0.2, 0.25) is 5.91 Å². The molecule has 0 N–H and O–H groups in total. The topological polar surface area (TPSA) is 59.1 Å². The third-order valence-electron chi connectivity index (χ3n) is 6.52. The standard InChI is InChI=1S/C25H30N2O4/c1-30-22-10-5-19(6-11-22)16-27-23-13-14-26(17-21(23)9-12-24(27)28)15-18-3-7-20(8-4-18)25(29)31-2/h3-8,10-11,21,23H,9,12-17H2,1-2H3/t21-,23+/m1/s1. The number of piperidine rings is 2. The minimum atomic E-state index is -0.309. The number of nitrogens with zero attached hydrogens (tertiary/aromatic N) is 2. The Morgan fingerprint density at radius 2 is 1.65 bits per heavy atom. The number of hydrogen-bond donors (Lipinski definition) is 0. The summed E-state index contributed by atoms with van der Waals surface area (Å²) < 4.78 is 10.0. The molecule has 2 aliphatic heterocycles. The van der Waals surface area contributed by atoms with E-state index in [1.54, 1.807) is 7.11 Å². The minimum Gasteiger partial charge on any atom is -0.497 e. The molecule has 2 fully saturated rings. The van der Waals surface area contributed by atoms with Gasteiger partial charge in [0.05, 0.1) is 19.8 Å². The van der Waals surface area contributed by atoms with Crippen molar-refractivity contribution in [1.82, 2.24) is 9.80 Å². The molecule has 1 amide bonds. The van der Waals surface area contributed by atoms with Gasteiger partial charge in [-0.3, -0.25) is 9.69 Å². The maximum atomic E-state index is 12.7. The van der Waals surface area contributed by atoms with Gasteiger partial charge < -0.3 is 14.4 Å². The Bertz CT molecular complexity index is 910. The second-order valence-electron chi connectivity index (χ2n) is 8.45. The lowest BCUT2D eigenvalue weighted by atomic mass is 9.83. The lowest BCUT2D eigenvalue weighted by Crippen LogP contribution is -2.55. The molecule has 0 aliphatic carbocycles. The van der Waals surface area contributed by atoms with E-state index < -0.39 is 0 Å². The summed E-state index contributed by atoms with van der Waals surface area (Å²) in [6.07, 6.45) is 2.58. The number of likely N-dealkylation sites (tertiary alicyclic amines) is 2. The van der Waals surface area contributed by atoms with Gasteiger partial charge >= 0.3 is 5.97 Å².